The molecule has 3 atom stereocenters. The summed E-state index contributed by atoms with van der Waals surface area (Å²) in [5, 5.41) is 0. The quantitative estimate of drug-likeness (QED) is 0.826. The van der Waals surface area contributed by atoms with Crippen molar-refractivity contribution in [3.05, 3.63) is 24.4 Å². The molecule has 0 aromatic carbocycles. The normalized spacial score (nSPS) is 30.0. The van der Waals surface area contributed by atoms with Crippen molar-refractivity contribution in [2.24, 2.45) is 5.92 Å². The minimum Gasteiger partial charge on any atom is -0.477 e. The predicted molar refractivity (Wildman–Crippen MR) is 77.5 cm³/mol. The van der Waals surface area contributed by atoms with Gasteiger partial charge in [-0.2, -0.15) is 4.31 Å². The van der Waals surface area contributed by atoms with E-state index in [0.717, 1.165) is 12.8 Å². The lowest BCUT2D eigenvalue weighted by atomic mass is 10.1. The van der Waals surface area contributed by atoms with Gasteiger partial charge in [0.1, 0.15) is 0 Å². The maximum Gasteiger partial charge on any atom is 0.213 e. The fourth-order valence-corrected chi connectivity index (χ4v) is 4.32. The van der Waals surface area contributed by atoms with Crippen molar-refractivity contribution in [2.75, 3.05) is 26.0 Å². The molecule has 0 bridgehead atoms. The van der Waals surface area contributed by atoms with Crippen LogP contribution in [0.3, 0.4) is 0 Å². The van der Waals surface area contributed by atoms with Crippen LogP contribution in [0.2, 0.25) is 0 Å². The van der Waals surface area contributed by atoms with Crippen LogP contribution in [0, 0.1) is 5.92 Å². The monoisotopic (exact) mass is 312 g/mol. The number of aromatic nitrogens is 1. The summed E-state index contributed by atoms with van der Waals surface area (Å²) in [5.74, 6) is 0.901. The minimum absolute atomic E-state index is 0.00851. The lowest BCUT2D eigenvalue weighted by Crippen LogP contribution is -2.50. The molecule has 1 aliphatic carbocycles. The van der Waals surface area contributed by atoms with Crippen LogP contribution in [-0.4, -0.2) is 55.9 Å². The van der Waals surface area contributed by atoms with E-state index in [9.17, 15) is 8.42 Å². The molecular weight excluding hydrogens is 292 g/mol. The second-order valence-corrected chi connectivity index (χ2v) is 7.60. The van der Waals surface area contributed by atoms with Gasteiger partial charge in [0.15, 0.2) is 0 Å². The Bertz CT molecular complexity index is 578. The second kappa shape index (κ2) is 5.90. The number of nitrogens with zero attached hydrogens (tertiary/aromatic N) is 2. The van der Waals surface area contributed by atoms with Gasteiger partial charge in [0, 0.05) is 18.8 Å². The number of morpholine rings is 1. The lowest BCUT2D eigenvalue weighted by molar-refractivity contribution is -0.0246. The molecule has 2 aliphatic rings. The average molecular weight is 312 g/mol. The van der Waals surface area contributed by atoms with E-state index in [-0.39, 0.29) is 12.1 Å². The van der Waals surface area contributed by atoms with Gasteiger partial charge in [-0.3, -0.25) is 0 Å². The van der Waals surface area contributed by atoms with Gasteiger partial charge in [-0.1, -0.05) is 6.07 Å². The molecule has 0 N–H and O–H groups in total. The molecule has 7 heteroatoms. The Balaban J connectivity index is 1.61. The van der Waals surface area contributed by atoms with E-state index in [1.165, 1.54) is 6.26 Å². The van der Waals surface area contributed by atoms with Crippen molar-refractivity contribution in [3.63, 3.8) is 0 Å². The van der Waals surface area contributed by atoms with Gasteiger partial charge in [-0.15, -0.1) is 0 Å². The Kier molecular flexibility index (Phi) is 4.14. The average Bonchev–Trinajstić information content (AvgIpc) is 2.87. The third kappa shape index (κ3) is 3.36. The molecule has 116 valence electrons. The van der Waals surface area contributed by atoms with Gasteiger partial charge in [-0.05, 0) is 24.8 Å². The van der Waals surface area contributed by atoms with Crippen LogP contribution >= 0.6 is 0 Å². The Labute approximate surface area is 125 Å². The summed E-state index contributed by atoms with van der Waals surface area (Å²) in [6.07, 6.45) is 4.57. The number of fused-ring (bicyclic) bond motifs is 1. The van der Waals surface area contributed by atoms with E-state index < -0.39 is 10.0 Å². The standard InChI is InChI=1S/C14H20N2O4S/c1-21(17,18)16-6-7-19-13-9-11(8-12(13)16)10-20-14-4-2-3-5-15-14/h2-5,11-13H,6-10H2,1H3/t11-,12-,13-/m1/s1. The van der Waals surface area contributed by atoms with Crippen LogP contribution in [0.4, 0.5) is 0 Å². The first-order valence-electron chi connectivity index (χ1n) is 7.16. The molecule has 1 aromatic heterocycles. The third-order valence-electron chi connectivity index (χ3n) is 4.11. The predicted octanol–water partition coefficient (Wildman–Crippen LogP) is 0.899. The van der Waals surface area contributed by atoms with Crippen LogP contribution in [0.1, 0.15) is 12.8 Å². The smallest absolute Gasteiger partial charge is 0.213 e. The molecule has 1 aliphatic heterocycles. The van der Waals surface area contributed by atoms with E-state index in [4.69, 9.17) is 9.47 Å². The van der Waals surface area contributed by atoms with E-state index in [2.05, 4.69) is 4.98 Å². The molecule has 2 fully saturated rings. The molecule has 0 spiro atoms. The summed E-state index contributed by atoms with van der Waals surface area (Å²) in [6, 6.07) is 5.49. The summed E-state index contributed by atoms with van der Waals surface area (Å²) >= 11 is 0. The molecule has 0 amide bonds. The van der Waals surface area contributed by atoms with Crippen LogP contribution < -0.4 is 4.74 Å². The Morgan fingerprint density at radius 3 is 3.00 bits per heavy atom. The van der Waals surface area contributed by atoms with E-state index in [1.54, 1.807) is 10.5 Å². The van der Waals surface area contributed by atoms with Crippen LogP contribution in [0.15, 0.2) is 24.4 Å². The molecule has 0 unspecified atom stereocenters. The van der Waals surface area contributed by atoms with Crippen molar-refractivity contribution in [1.29, 1.82) is 0 Å². The van der Waals surface area contributed by atoms with E-state index in [0.29, 0.717) is 31.6 Å². The molecule has 0 radical (unpaired) electrons. The fraction of sp³-hybridized carbons (Fsp3) is 0.643. The van der Waals surface area contributed by atoms with Crippen molar-refractivity contribution in [2.45, 2.75) is 25.0 Å². The molecular formula is C14H20N2O4S. The number of pyridine rings is 1. The Hall–Kier alpha value is -1.18. The first-order valence-corrected chi connectivity index (χ1v) is 9.01. The number of hydrogen-bond acceptors (Lipinski definition) is 5. The molecule has 1 saturated heterocycles. The Morgan fingerprint density at radius 1 is 1.43 bits per heavy atom. The van der Waals surface area contributed by atoms with E-state index >= 15 is 0 Å². The maximum atomic E-state index is 11.8. The first-order chi connectivity index (χ1) is 10.0. The molecule has 2 heterocycles. The van der Waals surface area contributed by atoms with Gasteiger partial charge < -0.3 is 9.47 Å². The summed E-state index contributed by atoms with van der Waals surface area (Å²) < 4.78 is 36.7. The minimum atomic E-state index is -3.17. The topological polar surface area (TPSA) is 68.7 Å². The van der Waals surface area contributed by atoms with Gasteiger partial charge in [0.25, 0.3) is 0 Å². The number of rotatable bonds is 4. The largest absolute Gasteiger partial charge is 0.477 e. The Morgan fingerprint density at radius 2 is 2.29 bits per heavy atom. The third-order valence-corrected chi connectivity index (χ3v) is 5.42. The summed E-state index contributed by atoms with van der Waals surface area (Å²) in [5.41, 5.74) is 0. The second-order valence-electron chi connectivity index (χ2n) is 5.67. The molecule has 1 aromatic rings. The van der Waals surface area contributed by atoms with Gasteiger partial charge in [-0.25, -0.2) is 13.4 Å². The maximum absolute atomic E-state index is 11.8. The number of ether oxygens (including phenoxy) is 2. The highest BCUT2D eigenvalue weighted by molar-refractivity contribution is 7.88. The zero-order valence-corrected chi connectivity index (χ0v) is 12.8. The summed E-state index contributed by atoms with van der Waals surface area (Å²) in [6.45, 7) is 1.47. The number of hydrogen-bond donors (Lipinski definition) is 0. The lowest BCUT2D eigenvalue weighted by Gasteiger charge is -2.35. The van der Waals surface area contributed by atoms with Crippen LogP contribution in [-0.2, 0) is 14.8 Å². The summed E-state index contributed by atoms with van der Waals surface area (Å²) in [7, 11) is -3.17. The van der Waals surface area contributed by atoms with E-state index in [1.807, 2.05) is 18.2 Å². The summed E-state index contributed by atoms with van der Waals surface area (Å²) in [4.78, 5) is 4.12. The molecule has 1 saturated carbocycles. The first kappa shape index (κ1) is 14.7. The van der Waals surface area contributed by atoms with Crippen molar-refractivity contribution in [3.8, 4) is 5.88 Å². The molecule has 6 nitrogen and oxygen atoms in total. The highest BCUT2D eigenvalue weighted by Crippen LogP contribution is 2.35. The van der Waals surface area contributed by atoms with Crippen LogP contribution in [0.5, 0.6) is 5.88 Å². The zero-order chi connectivity index (χ0) is 14.9. The fourth-order valence-electron chi connectivity index (χ4n) is 3.20. The highest BCUT2D eigenvalue weighted by Gasteiger charge is 2.44. The molecule has 3 rings (SSSR count). The van der Waals surface area contributed by atoms with Crippen molar-refractivity contribution < 1.29 is 17.9 Å². The van der Waals surface area contributed by atoms with Crippen molar-refractivity contribution in [1.82, 2.24) is 9.29 Å². The van der Waals surface area contributed by atoms with Gasteiger partial charge in [0.2, 0.25) is 15.9 Å². The SMILES string of the molecule is CS(=O)(=O)N1CCO[C@@H]2C[C@H](COc3ccccn3)C[C@H]21. The van der Waals surface area contributed by atoms with Crippen molar-refractivity contribution >= 4 is 10.0 Å². The number of sulfonamides is 1. The van der Waals surface area contributed by atoms with Gasteiger partial charge >= 0.3 is 0 Å². The van der Waals surface area contributed by atoms with Crippen LogP contribution in [0.25, 0.3) is 0 Å². The van der Waals surface area contributed by atoms with Gasteiger partial charge in [0.05, 0.1) is 31.6 Å². The zero-order valence-electron chi connectivity index (χ0n) is 12.0. The molecule has 21 heavy (non-hydrogen) atoms. The highest BCUT2D eigenvalue weighted by atomic mass is 32.2.